The number of nitrogens with zero attached hydrogens (tertiary/aromatic N) is 1. The predicted octanol–water partition coefficient (Wildman–Crippen LogP) is 6.04. The molecule has 1 heteroatoms. The first-order valence-electron chi connectivity index (χ1n) is 9.77. The minimum atomic E-state index is 0.328. The van der Waals surface area contributed by atoms with Crippen LogP contribution in [0, 0.1) is 45.8 Å². The second-order valence-corrected chi connectivity index (χ2v) is 9.40. The summed E-state index contributed by atoms with van der Waals surface area (Å²) in [4.78, 5) is 0. The van der Waals surface area contributed by atoms with Crippen LogP contribution in [-0.4, -0.2) is 0 Å². The maximum atomic E-state index is 9.15. The molecule has 0 aromatic carbocycles. The van der Waals surface area contributed by atoms with Gasteiger partial charge < -0.3 is 0 Å². The van der Waals surface area contributed by atoms with Crippen LogP contribution < -0.4 is 0 Å². The second-order valence-electron chi connectivity index (χ2n) is 9.40. The lowest BCUT2D eigenvalue weighted by molar-refractivity contribution is -0.0308. The van der Waals surface area contributed by atoms with Gasteiger partial charge in [-0.25, -0.2) is 0 Å². The van der Waals surface area contributed by atoms with Gasteiger partial charge in [0.05, 0.1) is 6.07 Å². The van der Waals surface area contributed by atoms with Crippen molar-refractivity contribution in [3.8, 4) is 6.07 Å². The van der Waals surface area contributed by atoms with Gasteiger partial charge in [0.15, 0.2) is 0 Å². The maximum absolute atomic E-state index is 9.15. The first kappa shape index (κ1) is 15.5. The number of hydrogen-bond donors (Lipinski definition) is 0. The standard InChI is InChI=1S/C22H31N/c1-15-4-5-16-6-8-18-19-9-7-17(11-13-23)21(19,2)12-10-20(18)22(16,3)14-15/h5,11,15,18-20H,4,6-10,12,14H2,1-3H3/b17-11-/t15-,18+,19?,20?,21-,22+/m1/s1. The molecule has 3 saturated carbocycles. The van der Waals surface area contributed by atoms with Gasteiger partial charge in [0.25, 0.3) is 0 Å². The fourth-order valence-electron chi connectivity index (χ4n) is 7.26. The Hall–Kier alpha value is -1.03. The molecular weight excluding hydrogens is 278 g/mol. The summed E-state index contributed by atoms with van der Waals surface area (Å²) < 4.78 is 0. The Bertz CT molecular complexity index is 606. The molecule has 0 radical (unpaired) electrons. The molecule has 0 bridgehead atoms. The third-order valence-corrected chi connectivity index (χ3v) is 8.36. The smallest absolute Gasteiger partial charge is 0.0911 e. The zero-order valence-electron chi connectivity index (χ0n) is 15.1. The summed E-state index contributed by atoms with van der Waals surface area (Å²) >= 11 is 0. The normalized spacial score (nSPS) is 50.5. The highest BCUT2D eigenvalue weighted by atomic mass is 14.6. The second kappa shape index (κ2) is 5.23. The van der Waals surface area contributed by atoms with Gasteiger partial charge in [-0.15, -0.1) is 0 Å². The van der Waals surface area contributed by atoms with Crippen molar-refractivity contribution >= 4 is 0 Å². The summed E-state index contributed by atoms with van der Waals surface area (Å²) in [6.07, 6.45) is 15.1. The van der Waals surface area contributed by atoms with Gasteiger partial charge in [0.2, 0.25) is 0 Å². The Morgan fingerprint density at radius 3 is 2.70 bits per heavy atom. The number of fused-ring (bicyclic) bond motifs is 5. The van der Waals surface area contributed by atoms with Crippen molar-refractivity contribution in [2.24, 2.45) is 34.5 Å². The Labute approximate surface area is 141 Å². The molecule has 4 aliphatic rings. The molecule has 3 fully saturated rings. The van der Waals surface area contributed by atoms with Gasteiger partial charge in [-0.2, -0.15) is 5.26 Å². The quantitative estimate of drug-likeness (QED) is 0.395. The first-order valence-corrected chi connectivity index (χ1v) is 9.77. The van der Waals surface area contributed by atoms with E-state index in [4.69, 9.17) is 5.26 Å². The van der Waals surface area contributed by atoms with Crippen molar-refractivity contribution in [1.82, 2.24) is 0 Å². The number of nitriles is 1. The summed E-state index contributed by atoms with van der Waals surface area (Å²) in [5.74, 6) is 3.47. The molecule has 0 amide bonds. The van der Waals surface area contributed by atoms with Crippen molar-refractivity contribution in [2.45, 2.75) is 72.1 Å². The molecule has 2 unspecified atom stereocenters. The SMILES string of the molecule is C[C@@H]1CC=C2CC[C@@H]3C(CC[C@]4(C)/C(=C\C#N)CCC34)[C@@]2(C)C1. The van der Waals surface area contributed by atoms with Crippen LogP contribution in [0.25, 0.3) is 0 Å². The fourth-order valence-corrected chi connectivity index (χ4v) is 7.26. The van der Waals surface area contributed by atoms with Crippen molar-refractivity contribution in [2.75, 3.05) is 0 Å². The summed E-state index contributed by atoms with van der Waals surface area (Å²) in [5, 5.41) is 9.15. The molecule has 0 aromatic heterocycles. The van der Waals surface area contributed by atoms with E-state index < -0.39 is 0 Å². The molecule has 1 nitrogen and oxygen atoms in total. The van der Waals surface area contributed by atoms with Crippen molar-refractivity contribution in [3.05, 3.63) is 23.3 Å². The Morgan fingerprint density at radius 1 is 1.13 bits per heavy atom. The van der Waals surface area contributed by atoms with E-state index in [1.165, 1.54) is 56.9 Å². The molecule has 4 rings (SSSR count). The topological polar surface area (TPSA) is 23.8 Å². The molecular formula is C22H31N. The highest BCUT2D eigenvalue weighted by Crippen LogP contribution is 2.66. The van der Waals surface area contributed by atoms with E-state index in [1.54, 1.807) is 5.57 Å². The largest absolute Gasteiger partial charge is 0.193 e. The molecule has 0 saturated heterocycles. The molecule has 0 aliphatic heterocycles. The van der Waals surface area contributed by atoms with Gasteiger partial charge >= 0.3 is 0 Å². The maximum Gasteiger partial charge on any atom is 0.0911 e. The van der Waals surface area contributed by atoms with Crippen molar-refractivity contribution < 1.29 is 0 Å². The van der Waals surface area contributed by atoms with Crippen LogP contribution in [0.1, 0.15) is 72.1 Å². The minimum absolute atomic E-state index is 0.328. The van der Waals surface area contributed by atoms with E-state index in [1.807, 2.05) is 6.08 Å². The van der Waals surface area contributed by atoms with Crippen LogP contribution in [0.15, 0.2) is 23.3 Å². The molecule has 23 heavy (non-hydrogen) atoms. The summed E-state index contributed by atoms with van der Waals surface area (Å²) in [6, 6.07) is 2.33. The zero-order valence-corrected chi connectivity index (χ0v) is 15.1. The highest BCUT2D eigenvalue weighted by molar-refractivity contribution is 5.30. The molecule has 0 heterocycles. The Morgan fingerprint density at radius 2 is 1.91 bits per heavy atom. The van der Waals surface area contributed by atoms with Gasteiger partial charge in [0.1, 0.15) is 0 Å². The summed E-state index contributed by atoms with van der Waals surface area (Å²) in [5.41, 5.74) is 4.07. The van der Waals surface area contributed by atoms with Crippen LogP contribution in [-0.2, 0) is 0 Å². The Kier molecular flexibility index (Phi) is 3.53. The molecule has 4 aliphatic carbocycles. The van der Waals surface area contributed by atoms with E-state index in [0.29, 0.717) is 10.8 Å². The van der Waals surface area contributed by atoms with Gasteiger partial charge in [0, 0.05) is 6.08 Å². The third kappa shape index (κ3) is 2.10. The van der Waals surface area contributed by atoms with Gasteiger partial charge in [-0.1, -0.05) is 38.0 Å². The summed E-state index contributed by atoms with van der Waals surface area (Å²) in [6.45, 7) is 7.51. The highest BCUT2D eigenvalue weighted by Gasteiger charge is 2.57. The minimum Gasteiger partial charge on any atom is -0.193 e. The van der Waals surface area contributed by atoms with Gasteiger partial charge in [-0.05, 0) is 85.9 Å². The average molecular weight is 309 g/mol. The molecule has 124 valence electrons. The lowest BCUT2D eigenvalue weighted by Gasteiger charge is -2.58. The van der Waals surface area contributed by atoms with E-state index >= 15 is 0 Å². The van der Waals surface area contributed by atoms with E-state index in [2.05, 4.69) is 32.9 Å². The predicted molar refractivity (Wildman–Crippen MR) is 94.6 cm³/mol. The number of rotatable bonds is 0. The average Bonchev–Trinajstić information content (AvgIpc) is 2.84. The first-order chi connectivity index (χ1) is 11.0. The van der Waals surface area contributed by atoms with Crippen LogP contribution in [0.4, 0.5) is 0 Å². The van der Waals surface area contributed by atoms with E-state index in [-0.39, 0.29) is 0 Å². The number of hydrogen-bond acceptors (Lipinski definition) is 1. The van der Waals surface area contributed by atoms with Gasteiger partial charge in [-0.3, -0.25) is 0 Å². The van der Waals surface area contributed by atoms with E-state index in [9.17, 15) is 0 Å². The zero-order chi connectivity index (χ0) is 16.2. The molecule has 0 spiro atoms. The van der Waals surface area contributed by atoms with Crippen LogP contribution in [0.5, 0.6) is 0 Å². The van der Waals surface area contributed by atoms with E-state index in [0.717, 1.165) is 23.7 Å². The molecule has 0 aromatic rings. The monoisotopic (exact) mass is 309 g/mol. The van der Waals surface area contributed by atoms with Crippen molar-refractivity contribution in [3.63, 3.8) is 0 Å². The number of allylic oxidation sites excluding steroid dienone is 4. The fraction of sp³-hybridized carbons (Fsp3) is 0.773. The van der Waals surface area contributed by atoms with Crippen LogP contribution in [0.2, 0.25) is 0 Å². The molecule has 6 atom stereocenters. The Balaban J connectivity index is 1.68. The lowest BCUT2D eigenvalue weighted by Crippen LogP contribution is -2.49. The summed E-state index contributed by atoms with van der Waals surface area (Å²) in [7, 11) is 0. The molecule has 0 N–H and O–H groups in total. The third-order valence-electron chi connectivity index (χ3n) is 8.36. The lowest BCUT2D eigenvalue weighted by atomic mass is 9.46. The van der Waals surface area contributed by atoms with Crippen molar-refractivity contribution in [1.29, 1.82) is 5.26 Å². The van der Waals surface area contributed by atoms with Crippen LogP contribution >= 0.6 is 0 Å². The van der Waals surface area contributed by atoms with Crippen LogP contribution in [0.3, 0.4) is 0 Å².